The Labute approximate surface area is 180 Å². The van der Waals surface area contributed by atoms with E-state index in [9.17, 15) is 9.59 Å². The number of nitrogens with two attached hydrogens (primary N) is 1. The van der Waals surface area contributed by atoms with Crippen LogP contribution in [0.25, 0.3) is 17.1 Å². The Hall–Kier alpha value is -3.13. The van der Waals surface area contributed by atoms with Crippen LogP contribution in [0.4, 0.5) is 4.79 Å². The lowest BCUT2D eigenvalue weighted by Gasteiger charge is -2.19. The summed E-state index contributed by atoms with van der Waals surface area (Å²) in [6.07, 6.45) is 0.144. The average molecular weight is 424 g/mol. The number of carbonyl (C=O) groups is 2. The second kappa shape index (κ2) is 9.13. The molecular formula is C22H25N5O2S. The van der Waals surface area contributed by atoms with Crippen molar-refractivity contribution in [1.82, 2.24) is 20.1 Å². The number of rotatable bonds is 6. The van der Waals surface area contributed by atoms with Gasteiger partial charge in [-0.3, -0.25) is 14.7 Å². The molecule has 0 unspecified atom stereocenters. The zero-order valence-corrected chi connectivity index (χ0v) is 18.1. The summed E-state index contributed by atoms with van der Waals surface area (Å²) < 4.78 is 1.97. The van der Waals surface area contributed by atoms with E-state index in [4.69, 9.17) is 5.73 Å². The second-order valence-electron chi connectivity index (χ2n) is 7.82. The molecule has 0 spiro atoms. The summed E-state index contributed by atoms with van der Waals surface area (Å²) in [6, 6.07) is 17.3. The average Bonchev–Trinajstić information content (AvgIpc) is 3.11. The number of imide groups is 1. The molecule has 1 heterocycles. The maximum Gasteiger partial charge on any atom is 0.318 e. The predicted octanol–water partition coefficient (Wildman–Crippen LogP) is 3.91. The Morgan fingerprint density at radius 1 is 1.03 bits per heavy atom. The standard InChI is InChI=1S/C22H25N5O2S/c1-22(2,3)16-11-9-15(10-12-16)19-25-26-21(27(19)17-7-5-4-6-8-17)30-14-13-18(28)24-20(23)29/h4-12H,13-14H2,1-3H3,(H3,23,24,28,29). The van der Waals surface area contributed by atoms with E-state index in [1.807, 2.05) is 34.9 Å². The number of amides is 3. The number of primary amides is 1. The number of hydrogen-bond donors (Lipinski definition) is 2. The number of nitrogens with one attached hydrogen (secondary N) is 1. The van der Waals surface area contributed by atoms with Crippen molar-refractivity contribution in [1.29, 1.82) is 0 Å². The van der Waals surface area contributed by atoms with Crippen molar-refractivity contribution < 1.29 is 9.59 Å². The van der Waals surface area contributed by atoms with Gasteiger partial charge in [-0.25, -0.2) is 4.79 Å². The van der Waals surface area contributed by atoms with E-state index in [1.54, 1.807) is 0 Å². The zero-order chi connectivity index (χ0) is 21.7. The molecule has 0 fully saturated rings. The maximum atomic E-state index is 11.7. The first kappa shape index (κ1) is 21.6. The number of urea groups is 1. The number of thioether (sulfide) groups is 1. The minimum absolute atomic E-state index is 0.0676. The lowest BCUT2D eigenvalue weighted by Crippen LogP contribution is -2.35. The van der Waals surface area contributed by atoms with E-state index in [1.165, 1.54) is 17.3 Å². The smallest absolute Gasteiger partial charge is 0.318 e. The van der Waals surface area contributed by atoms with Gasteiger partial charge in [-0.1, -0.05) is 75.0 Å². The highest BCUT2D eigenvalue weighted by Crippen LogP contribution is 2.30. The Morgan fingerprint density at radius 3 is 2.30 bits per heavy atom. The fourth-order valence-electron chi connectivity index (χ4n) is 2.91. The van der Waals surface area contributed by atoms with Gasteiger partial charge in [0.1, 0.15) is 0 Å². The van der Waals surface area contributed by atoms with Gasteiger partial charge in [0.25, 0.3) is 0 Å². The molecule has 3 amide bonds. The molecule has 3 N–H and O–H groups in total. The molecule has 0 bridgehead atoms. The quantitative estimate of drug-likeness (QED) is 0.585. The fraction of sp³-hybridized carbons (Fsp3) is 0.273. The summed E-state index contributed by atoms with van der Waals surface area (Å²) in [5, 5.41) is 11.5. The van der Waals surface area contributed by atoms with E-state index in [-0.39, 0.29) is 11.8 Å². The molecule has 3 aromatic rings. The first-order valence-electron chi connectivity index (χ1n) is 9.59. The van der Waals surface area contributed by atoms with E-state index >= 15 is 0 Å². The molecule has 0 radical (unpaired) electrons. The number of para-hydroxylation sites is 1. The number of benzene rings is 2. The summed E-state index contributed by atoms with van der Waals surface area (Å²) in [5.41, 5.74) is 8.18. The molecule has 2 aromatic carbocycles. The van der Waals surface area contributed by atoms with Crippen LogP contribution in [0.15, 0.2) is 59.8 Å². The molecule has 156 valence electrons. The van der Waals surface area contributed by atoms with Crippen LogP contribution in [0.5, 0.6) is 0 Å². The maximum absolute atomic E-state index is 11.7. The van der Waals surface area contributed by atoms with E-state index < -0.39 is 11.9 Å². The van der Waals surface area contributed by atoms with Crippen LogP contribution >= 0.6 is 11.8 Å². The van der Waals surface area contributed by atoms with Crippen molar-refractivity contribution >= 4 is 23.7 Å². The molecule has 0 aliphatic rings. The Balaban J connectivity index is 1.89. The van der Waals surface area contributed by atoms with Gasteiger partial charge in [-0.2, -0.15) is 0 Å². The highest BCUT2D eigenvalue weighted by Gasteiger charge is 2.18. The normalized spacial score (nSPS) is 11.3. The molecule has 0 saturated heterocycles. The fourth-order valence-corrected chi connectivity index (χ4v) is 3.80. The monoisotopic (exact) mass is 423 g/mol. The van der Waals surface area contributed by atoms with Crippen LogP contribution in [0.2, 0.25) is 0 Å². The molecule has 0 aliphatic heterocycles. The van der Waals surface area contributed by atoms with Gasteiger partial charge in [0.05, 0.1) is 0 Å². The third kappa shape index (κ3) is 5.27. The van der Waals surface area contributed by atoms with Gasteiger partial charge in [-0.15, -0.1) is 10.2 Å². The molecule has 0 saturated carbocycles. The van der Waals surface area contributed by atoms with Crippen LogP contribution in [0.3, 0.4) is 0 Å². The molecule has 8 heteroatoms. The number of aromatic nitrogens is 3. The summed E-state index contributed by atoms with van der Waals surface area (Å²) in [7, 11) is 0. The molecule has 3 rings (SSSR count). The van der Waals surface area contributed by atoms with Gasteiger partial charge in [-0.05, 0) is 23.1 Å². The Morgan fingerprint density at radius 2 is 1.70 bits per heavy atom. The number of hydrogen-bond acceptors (Lipinski definition) is 5. The summed E-state index contributed by atoms with van der Waals surface area (Å²) in [4.78, 5) is 22.5. The van der Waals surface area contributed by atoms with Gasteiger partial charge >= 0.3 is 6.03 Å². The number of nitrogens with zero attached hydrogens (tertiary/aromatic N) is 3. The second-order valence-corrected chi connectivity index (χ2v) is 8.88. The van der Waals surface area contributed by atoms with Crippen molar-refractivity contribution in [2.75, 3.05) is 5.75 Å². The number of carbonyl (C=O) groups excluding carboxylic acids is 2. The van der Waals surface area contributed by atoms with Gasteiger partial charge in [0.15, 0.2) is 11.0 Å². The molecule has 0 aliphatic carbocycles. The van der Waals surface area contributed by atoms with Gasteiger partial charge in [0, 0.05) is 23.4 Å². The topological polar surface area (TPSA) is 103 Å². The summed E-state index contributed by atoms with van der Waals surface area (Å²) >= 11 is 1.40. The van der Waals surface area contributed by atoms with Crippen LogP contribution in [-0.2, 0) is 10.2 Å². The third-order valence-corrected chi connectivity index (χ3v) is 5.41. The van der Waals surface area contributed by atoms with Crippen molar-refractivity contribution in [3.05, 3.63) is 60.2 Å². The van der Waals surface area contributed by atoms with Crippen molar-refractivity contribution in [2.45, 2.75) is 37.8 Å². The summed E-state index contributed by atoms with van der Waals surface area (Å²) in [5.74, 6) is 0.747. The molecule has 30 heavy (non-hydrogen) atoms. The SMILES string of the molecule is CC(C)(C)c1ccc(-c2nnc(SCCC(=O)NC(N)=O)n2-c2ccccc2)cc1. The van der Waals surface area contributed by atoms with E-state index in [2.05, 4.69) is 60.6 Å². The predicted molar refractivity (Wildman–Crippen MR) is 119 cm³/mol. The first-order chi connectivity index (χ1) is 14.3. The largest absolute Gasteiger partial charge is 0.351 e. The highest BCUT2D eigenvalue weighted by molar-refractivity contribution is 7.99. The highest BCUT2D eigenvalue weighted by atomic mass is 32.2. The molecular weight excluding hydrogens is 398 g/mol. The van der Waals surface area contributed by atoms with Crippen LogP contribution in [0, 0.1) is 0 Å². The third-order valence-electron chi connectivity index (χ3n) is 4.48. The van der Waals surface area contributed by atoms with Gasteiger partial charge < -0.3 is 5.73 Å². The van der Waals surface area contributed by atoms with E-state index in [0.29, 0.717) is 10.9 Å². The minimum Gasteiger partial charge on any atom is -0.351 e. The van der Waals surface area contributed by atoms with Gasteiger partial charge in [0.2, 0.25) is 5.91 Å². The van der Waals surface area contributed by atoms with Crippen molar-refractivity contribution in [3.8, 4) is 17.1 Å². The molecule has 1 aromatic heterocycles. The molecule has 0 atom stereocenters. The van der Waals surface area contributed by atoms with E-state index in [0.717, 1.165) is 17.1 Å². The summed E-state index contributed by atoms with van der Waals surface area (Å²) in [6.45, 7) is 6.53. The Kier molecular flexibility index (Phi) is 6.56. The molecule has 7 nitrogen and oxygen atoms in total. The van der Waals surface area contributed by atoms with Crippen LogP contribution < -0.4 is 11.1 Å². The van der Waals surface area contributed by atoms with Crippen molar-refractivity contribution in [2.24, 2.45) is 5.73 Å². The zero-order valence-electron chi connectivity index (χ0n) is 17.3. The minimum atomic E-state index is -0.849. The lowest BCUT2D eigenvalue weighted by atomic mass is 9.87. The van der Waals surface area contributed by atoms with Crippen LogP contribution in [-0.4, -0.2) is 32.5 Å². The lowest BCUT2D eigenvalue weighted by molar-refractivity contribution is -0.119. The Bertz CT molecular complexity index is 1020. The first-order valence-corrected chi connectivity index (χ1v) is 10.6. The van der Waals surface area contributed by atoms with Crippen molar-refractivity contribution in [3.63, 3.8) is 0 Å². The van der Waals surface area contributed by atoms with Crippen LogP contribution in [0.1, 0.15) is 32.8 Å².